The van der Waals surface area contributed by atoms with Crippen LogP contribution in [0, 0.1) is 5.41 Å². The Hall–Kier alpha value is -2.14. The normalized spacial score (nSPS) is 24.5. The number of carbonyl (C=O) groups is 1. The first-order valence-electron chi connectivity index (χ1n) is 7.79. The van der Waals surface area contributed by atoms with Crippen LogP contribution in [-0.2, 0) is 0 Å². The third-order valence-electron chi connectivity index (χ3n) is 5.10. The largest absolute Gasteiger partial charge is 0.338 e. The summed E-state index contributed by atoms with van der Waals surface area (Å²) in [7, 11) is 0. The van der Waals surface area contributed by atoms with E-state index < -0.39 is 0 Å². The molecule has 114 valence electrons. The van der Waals surface area contributed by atoms with Gasteiger partial charge in [-0.1, -0.05) is 18.2 Å². The van der Waals surface area contributed by atoms with Crippen LogP contribution in [0.15, 0.2) is 35.3 Å². The van der Waals surface area contributed by atoms with E-state index in [1.54, 1.807) is 12.3 Å². The highest BCUT2D eigenvalue weighted by atomic mass is 16.2. The summed E-state index contributed by atoms with van der Waals surface area (Å²) in [5, 5.41) is 4.72. The van der Waals surface area contributed by atoms with E-state index in [-0.39, 0.29) is 16.9 Å². The smallest absolute Gasteiger partial charge is 0.255 e. The fourth-order valence-electron chi connectivity index (χ4n) is 3.81. The monoisotopic (exact) mass is 297 g/mol. The van der Waals surface area contributed by atoms with Gasteiger partial charge in [0.2, 0.25) is 0 Å². The second kappa shape index (κ2) is 4.95. The molecule has 0 saturated carbocycles. The number of hydrogen-bond acceptors (Lipinski definition) is 3. The van der Waals surface area contributed by atoms with Gasteiger partial charge in [0, 0.05) is 42.0 Å². The minimum Gasteiger partial charge on any atom is -0.338 e. The van der Waals surface area contributed by atoms with Gasteiger partial charge in [-0.25, -0.2) is 0 Å². The number of likely N-dealkylation sites (tertiary alicyclic amines) is 1. The molecule has 2 saturated heterocycles. The summed E-state index contributed by atoms with van der Waals surface area (Å²) in [6, 6.07) is 7.30. The van der Waals surface area contributed by atoms with Crippen LogP contribution in [0.1, 0.15) is 23.2 Å². The van der Waals surface area contributed by atoms with Gasteiger partial charge in [0.1, 0.15) is 0 Å². The van der Waals surface area contributed by atoms with E-state index in [1.165, 1.54) is 0 Å². The number of nitrogens with zero attached hydrogens (tertiary/aromatic N) is 1. The average Bonchev–Trinajstić information content (AvgIpc) is 3.18. The molecule has 2 aromatic rings. The molecule has 2 aliphatic heterocycles. The number of aromatic amines is 1. The van der Waals surface area contributed by atoms with Crippen LogP contribution in [0.5, 0.6) is 0 Å². The Bertz CT molecular complexity index is 790. The van der Waals surface area contributed by atoms with Crippen molar-refractivity contribution < 1.29 is 4.79 Å². The zero-order chi connectivity index (χ0) is 15.2. The quantitative estimate of drug-likeness (QED) is 0.835. The molecule has 5 heteroatoms. The Morgan fingerprint density at radius 3 is 2.77 bits per heavy atom. The molecule has 0 bridgehead atoms. The summed E-state index contributed by atoms with van der Waals surface area (Å²) in [4.78, 5) is 29.4. The fraction of sp³-hybridized carbons (Fsp3) is 0.412. The number of pyridine rings is 1. The number of nitrogens with one attached hydrogen (secondary N) is 2. The Kier molecular flexibility index (Phi) is 3.04. The van der Waals surface area contributed by atoms with Crippen LogP contribution < -0.4 is 10.9 Å². The van der Waals surface area contributed by atoms with Gasteiger partial charge in [-0.2, -0.15) is 0 Å². The summed E-state index contributed by atoms with van der Waals surface area (Å²) in [5.41, 5.74) is 0.705. The van der Waals surface area contributed by atoms with Crippen molar-refractivity contribution in [1.29, 1.82) is 0 Å². The van der Waals surface area contributed by atoms with Crippen molar-refractivity contribution in [2.45, 2.75) is 12.8 Å². The van der Waals surface area contributed by atoms with Crippen LogP contribution in [0.3, 0.4) is 0 Å². The van der Waals surface area contributed by atoms with Gasteiger partial charge in [0.15, 0.2) is 0 Å². The fourth-order valence-corrected chi connectivity index (χ4v) is 3.81. The molecule has 0 radical (unpaired) electrons. The van der Waals surface area contributed by atoms with Crippen molar-refractivity contribution in [1.82, 2.24) is 15.2 Å². The Morgan fingerprint density at radius 1 is 1.18 bits per heavy atom. The number of carbonyl (C=O) groups excluding carboxylic acids is 1. The van der Waals surface area contributed by atoms with E-state index in [0.717, 1.165) is 44.4 Å². The molecular weight excluding hydrogens is 278 g/mol. The molecular formula is C17H19N3O2. The Labute approximate surface area is 128 Å². The summed E-state index contributed by atoms with van der Waals surface area (Å²) in [5.74, 6) is 0.0243. The highest BCUT2D eigenvalue weighted by molar-refractivity contribution is 6.06. The molecule has 1 amide bonds. The lowest BCUT2D eigenvalue weighted by atomic mass is 9.86. The predicted octanol–water partition coefficient (Wildman–Crippen LogP) is 1.35. The highest BCUT2D eigenvalue weighted by Crippen LogP contribution is 2.36. The molecule has 1 aromatic carbocycles. The maximum absolute atomic E-state index is 12.9. The molecule has 4 rings (SSSR count). The molecule has 1 aromatic heterocycles. The molecule has 5 nitrogen and oxygen atoms in total. The lowest BCUT2D eigenvalue weighted by molar-refractivity contribution is 0.0777. The zero-order valence-electron chi connectivity index (χ0n) is 12.4. The van der Waals surface area contributed by atoms with Gasteiger partial charge in [-0.05, 0) is 25.5 Å². The van der Waals surface area contributed by atoms with Gasteiger partial charge in [0.05, 0.1) is 5.56 Å². The van der Waals surface area contributed by atoms with Crippen LogP contribution >= 0.6 is 0 Å². The van der Waals surface area contributed by atoms with E-state index in [2.05, 4.69) is 10.3 Å². The van der Waals surface area contributed by atoms with Crippen molar-refractivity contribution in [2.75, 3.05) is 26.2 Å². The zero-order valence-corrected chi connectivity index (χ0v) is 12.4. The number of hydrogen-bond donors (Lipinski definition) is 2. The van der Waals surface area contributed by atoms with Gasteiger partial charge < -0.3 is 15.2 Å². The summed E-state index contributed by atoms with van der Waals surface area (Å²) in [6.45, 7) is 3.66. The molecule has 22 heavy (non-hydrogen) atoms. The van der Waals surface area contributed by atoms with Crippen LogP contribution in [0.4, 0.5) is 0 Å². The van der Waals surface area contributed by atoms with Crippen LogP contribution in [0.2, 0.25) is 0 Å². The summed E-state index contributed by atoms with van der Waals surface area (Å²) < 4.78 is 0. The van der Waals surface area contributed by atoms with Crippen LogP contribution in [0.25, 0.3) is 10.8 Å². The van der Waals surface area contributed by atoms with E-state index in [0.29, 0.717) is 10.9 Å². The molecule has 1 spiro atoms. The van der Waals surface area contributed by atoms with Crippen molar-refractivity contribution in [3.8, 4) is 0 Å². The predicted molar refractivity (Wildman–Crippen MR) is 85.0 cm³/mol. The SMILES string of the molecule is O=C(c1c[nH]c(=O)c2ccccc12)N1CCC2(CCNC2)C1. The number of fused-ring (bicyclic) bond motifs is 1. The second-order valence-corrected chi connectivity index (χ2v) is 6.48. The van der Waals surface area contributed by atoms with Gasteiger partial charge in [-0.3, -0.25) is 9.59 Å². The number of H-pyrrole nitrogens is 1. The van der Waals surface area contributed by atoms with E-state index in [4.69, 9.17) is 0 Å². The standard InChI is InChI=1S/C17H19N3O2/c21-15-13-4-2-1-3-12(13)14(9-19-15)16(22)20-8-6-17(11-20)5-7-18-10-17/h1-4,9,18H,5-8,10-11H2,(H,19,21). The second-order valence-electron chi connectivity index (χ2n) is 6.48. The van der Waals surface area contributed by atoms with Gasteiger partial charge >= 0.3 is 0 Å². The number of aromatic nitrogens is 1. The van der Waals surface area contributed by atoms with Crippen molar-refractivity contribution in [3.05, 3.63) is 46.4 Å². The first-order valence-corrected chi connectivity index (χ1v) is 7.79. The minimum absolute atomic E-state index is 0.0243. The molecule has 2 N–H and O–H groups in total. The third-order valence-corrected chi connectivity index (χ3v) is 5.10. The first-order chi connectivity index (χ1) is 10.7. The molecule has 0 aliphatic carbocycles. The molecule has 1 atom stereocenters. The molecule has 2 fully saturated rings. The van der Waals surface area contributed by atoms with E-state index in [9.17, 15) is 9.59 Å². The van der Waals surface area contributed by atoms with Crippen molar-refractivity contribution >= 4 is 16.7 Å². The Morgan fingerprint density at radius 2 is 2.00 bits per heavy atom. The minimum atomic E-state index is -0.148. The maximum atomic E-state index is 12.9. The van der Waals surface area contributed by atoms with Crippen molar-refractivity contribution in [2.24, 2.45) is 5.41 Å². The molecule has 1 unspecified atom stereocenters. The maximum Gasteiger partial charge on any atom is 0.255 e. The van der Waals surface area contributed by atoms with E-state index in [1.807, 2.05) is 23.1 Å². The summed E-state index contributed by atoms with van der Waals surface area (Å²) in [6.07, 6.45) is 3.76. The van der Waals surface area contributed by atoms with Crippen molar-refractivity contribution in [3.63, 3.8) is 0 Å². The Balaban J connectivity index is 1.69. The third kappa shape index (κ3) is 2.04. The summed E-state index contributed by atoms with van der Waals surface area (Å²) >= 11 is 0. The van der Waals surface area contributed by atoms with Gasteiger partial charge in [0.25, 0.3) is 11.5 Å². The average molecular weight is 297 g/mol. The topological polar surface area (TPSA) is 65.2 Å². The van der Waals surface area contributed by atoms with Gasteiger partial charge in [-0.15, -0.1) is 0 Å². The lowest BCUT2D eigenvalue weighted by Gasteiger charge is -2.23. The highest BCUT2D eigenvalue weighted by Gasteiger charge is 2.42. The number of amides is 1. The number of rotatable bonds is 1. The van der Waals surface area contributed by atoms with E-state index >= 15 is 0 Å². The molecule has 3 heterocycles. The first kappa shape index (κ1) is 13.5. The number of benzene rings is 1. The molecule has 2 aliphatic rings. The van der Waals surface area contributed by atoms with Crippen LogP contribution in [-0.4, -0.2) is 42.0 Å². The lowest BCUT2D eigenvalue weighted by Crippen LogP contribution is -2.33.